The van der Waals surface area contributed by atoms with E-state index in [1.165, 1.54) is 0 Å². The molecule has 132 valence electrons. The van der Waals surface area contributed by atoms with Crippen molar-refractivity contribution in [3.63, 3.8) is 0 Å². The molecular formula is C22H19ClO3. The molecule has 0 N–H and O–H groups in total. The zero-order valence-electron chi connectivity index (χ0n) is 14.2. The minimum atomic E-state index is -0.707. The molecule has 26 heavy (non-hydrogen) atoms. The standard InChI is InChI=1S/C22H19ClO3/c23-20-13-7-10-18(14-20)15-21(25-16-17-8-3-1-4-9-17)26-22(24)19-11-5-2-6-12-19/h1-14,21H,15-16H2. The van der Waals surface area contributed by atoms with Crippen LogP contribution in [0.2, 0.25) is 5.02 Å². The maximum absolute atomic E-state index is 12.4. The van der Waals surface area contributed by atoms with Crippen LogP contribution in [0, 0.1) is 0 Å². The van der Waals surface area contributed by atoms with Crippen molar-refractivity contribution in [1.29, 1.82) is 0 Å². The first kappa shape index (κ1) is 18.2. The molecule has 3 aromatic carbocycles. The molecular weight excluding hydrogens is 348 g/mol. The first-order valence-corrected chi connectivity index (χ1v) is 8.74. The maximum Gasteiger partial charge on any atom is 0.340 e. The van der Waals surface area contributed by atoms with E-state index >= 15 is 0 Å². The lowest BCUT2D eigenvalue weighted by Crippen LogP contribution is -2.24. The lowest BCUT2D eigenvalue weighted by atomic mass is 10.1. The highest BCUT2D eigenvalue weighted by Crippen LogP contribution is 2.16. The van der Waals surface area contributed by atoms with Crippen molar-refractivity contribution >= 4 is 17.6 Å². The normalized spacial score (nSPS) is 11.7. The molecule has 0 aliphatic rings. The van der Waals surface area contributed by atoms with Gasteiger partial charge in [-0.15, -0.1) is 0 Å². The largest absolute Gasteiger partial charge is 0.432 e. The number of hydrogen-bond acceptors (Lipinski definition) is 3. The van der Waals surface area contributed by atoms with Crippen LogP contribution >= 0.6 is 11.6 Å². The molecule has 4 heteroatoms. The summed E-state index contributed by atoms with van der Waals surface area (Å²) in [6.07, 6.45) is -0.284. The molecule has 1 unspecified atom stereocenters. The van der Waals surface area contributed by atoms with Crippen LogP contribution in [0.25, 0.3) is 0 Å². The third kappa shape index (κ3) is 5.45. The Labute approximate surface area is 158 Å². The molecule has 0 fully saturated rings. The van der Waals surface area contributed by atoms with Crippen LogP contribution in [0.3, 0.4) is 0 Å². The Balaban J connectivity index is 1.70. The fraction of sp³-hybridized carbons (Fsp3) is 0.136. The Morgan fingerprint density at radius 1 is 0.846 bits per heavy atom. The highest BCUT2D eigenvalue weighted by molar-refractivity contribution is 6.30. The average Bonchev–Trinajstić information content (AvgIpc) is 2.67. The summed E-state index contributed by atoms with van der Waals surface area (Å²) < 4.78 is 11.5. The molecule has 0 heterocycles. The van der Waals surface area contributed by atoms with Crippen molar-refractivity contribution in [3.8, 4) is 0 Å². The van der Waals surface area contributed by atoms with Crippen molar-refractivity contribution in [1.82, 2.24) is 0 Å². The van der Waals surface area contributed by atoms with Gasteiger partial charge in [0.05, 0.1) is 12.2 Å². The summed E-state index contributed by atoms with van der Waals surface area (Å²) in [5.41, 5.74) is 2.45. The number of rotatable bonds is 7. The third-order valence-electron chi connectivity index (χ3n) is 3.82. The smallest absolute Gasteiger partial charge is 0.340 e. The summed E-state index contributed by atoms with van der Waals surface area (Å²) in [5, 5.41) is 0.638. The van der Waals surface area contributed by atoms with Gasteiger partial charge in [0.25, 0.3) is 0 Å². The zero-order valence-corrected chi connectivity index (χ0v) is 14.9. The van der Waals surface area contributed by atoms with Gasteiger partial charge in [0.15, 0.2) is 0 Å². The van der Waals surface area contributed by atoms with E-state index in [0.29, 0.717) is 23.6 Å². The van der Waals surface area contributed by atoms with Gasteiger partial charge < -0.3 is 9.47 Å². The second kappa shape index (κ2) is 9.18. The Morgan fingerprint density at radius 3 is 2.19 bits per heavy atom. The van der Waals surface area contributed by atoms with E-state index in [4.69, 9.17) is 21.1 Å². The number of carbonyl (C=O) groups is 1. The highest BCUT2D eigenvalue weighted by Gasteiger charge is 2.17. The van der Waals surface area contributed by atoms with Crippen molar-refractivity contribution in [2.24, 2.45) is 0 Å². The molecule has 3 rings (SSSR count). The van der Waals surface area contributed by atoms with Crippen molar-refractivity contribution in [2.45, 2.75) is 19.3 Å². The summed E-state index contributed by atoms with van der Waals surface area (Å²) in [6, 6.07) is 26.1. The minimum absolute atomic E-state index is 0.355. The van der Waals surface area contributed by atoms with Gasteiger partial charge in [0.2, 0.25) is 6.29 Å². The van der Waals surface area contributed by atoms with E-state index in [9.17, 15) is 4.79 Å². The molecule has 0 aromatic heterocycles. The van der Waals surface area contributed by atoms with Gasteiger partial charge in [0.1, 0.15) is 0 Å². The van der Waals surface area contributed by atoms with Crippen molar-refractivity contribution in [2.75, 3.05) is 0 Å². The van der Waals surface area contributed by atoms with Crippen LogP contribution in [0.5, 0.6) is 0 Å². The van der Waals surface area contributed by atoms with Gasteiger partial charge >= 0.3 is 5.97 Å². The second-order valence-electron chi connectivity index (χ2n) is 5.83. The van der Waals surface area contributed by atoms with E-state index < -0.39 is 12.3 Å². The summed E-state index contributed by atoms with van der Waals surface area (Å²) in [6.45, 7) is 0.355. The molecule has 1 atom stereocenters. The van der Waals surface area contributed by atoms with Crippen LogP contribution in [0.15, 0.2) is 84.9 Å². The first-order chi connectivity index (χ1) is 12.7. The van der Waals surface area contributed by atoms with E-state index in [0.717, 1.165) is 11.1 Å². The number of ether oxygens (including phenoxy) is 2. The molecule has 0 radical (unpaired) electrons. The molecule has 0 saturated carbocycles. The number of halogens is 1. The molecule has 0 amide bonds. The second-order valence-corrected chi connectivity index (χ2v) is 6.27. The summed E-state index contributed by atoms with van der Waals surface area (Å²) in [5.74, 6) is -0.411. The summed E-state index contributed by atoms with van der Waals surface area (Å²) in [7, 11) is 0. The predicted octanol–water partition coefficient (Wildman–Crippen LogP) is 5.28. The van der Waals surface area contributed by atoms with Crippen molar-refractivity contribution in [3.05, 3.63) is 107 Å². The maximum atomic E-state index is 12.4. The van der Waals surface area contributed by atoms with E-state index in [1.807, 2.05) is 54.6 Å². The SMILES string of the molecule is O=C(OC(Cc1cccc(Cl)c1)OCc1ccccc1)c1ccccc1. The Hall–Kier alpha value is -2.62. The van der Waals surface area contributed by atoms with Gasteiger partial charge in [-0.05, 0) is 35.4 Å². The average molecular weight is 367 g/mol. The van der Waals surface area contributed by atoms with Crippen molar-refractivity contribution < 1.29 is 14.3 Å². The van der Waals surface area contributed by atoms with E-state index in [2.05, 4.69) is 0 Å². The zero-order chi connectivity index (χ0) is 18.2. The molecule has 3 aromatic rings. The monoisotopic (exact) mass is 366 g/mol. The van der Waals surface area contributed by atoms with Crippen LogP contribution in [-0.4, -0.2) is 12.3 Å². The fourth-order valence-electron chi connectivity index (χ4n) is 2.52. The summed E-state index contributed by atoms with van der Waals surface area (Å²) in [4.78, 5) is 12.4. The third-order valence-corrected chi connectivity index (χ3v) is 4.05. The van der Waals surface area contributed by atoms with E-state index in [-0.39, 0.29) is 0 Å². The summed E-state index contributed by atoms with van der Waals surface area (Å²) >= 11 is 6.05. The van der Waals surface area contributed by atoms with Crippen LogP contribution in [0.4, 0.5) is 0 Å². The quantitative estimate of drug-likeness (QED) is 0.421. The molecule has 3 nitrogen and oxygen atoms in total. The van der Waals surface area contributed by atoms with Gasteiger partial charge in [-0.1, -0.05) is 72.3 Å². The fourth-order valence-corrected chi connectivity index (χ4v) is 2.73. The minimum Gasteiger partial charge on any atom is -0.432 e. The van der Waals surface area contributed by atoms with Gasteiger partial charge in [-0.25, -0.2) is 4.79 Å². The predicted molar refractivity (Wildman–Crippen MR) is 102 cm³/mol. The first-order valence-electron chi connectivity index (χ1n) is 8.37. The number of carbonyl (C=O) groups excluding carboxylic acids is 1. The van der Waals surface area contributed by atoms with Gasteiger partial charge in [-0.2, -0.15) is 0 Å². The van der Waals surface area contributed by atoms with Gasteiger partial charge in [0, 0.05) is 11.4 Å². The van der Waals surface area contributed by atoms with Gasteiger partial charge in [-0.3, -0.25) is 0 Å². The number of esters is 1. The van der Waals surface area contributed by atoms with E-state index in [1.54, 1.807) is 30.3 Å². The molecule has 0 aliphatic carbocycles. The number of hydrogen-bond donors (Lipinski definition) is 0. The Kier molecular flexibility index (Phi) is 6.42. The van der Waals surface area contributed by atoms with Crippen LogP contribution < -0.4 is 0 Å². The van der Waals surface area contributed by atoms with Crippen LogP contribution in [-0.2, 0) is 22.5 Å². The molecule has 0 aliphatic heterocycles. The lowest BCUT2D eigenvalue weighted by molar-refractivity contribution is -0.116. The Morgan fingerprint density at radius 2 is 1.50 bits per heavy atom. The topological polar surface area (TPSA) is 35.5 Å². The Bertz CT molecular complexity index is 834. The molecule has 0 spiro atoms. The lowest BCUT2D eigenvalue weighted by Gasteiger charge is -2.19. The van der Waals surface area contributed by atoms with Crippen LogP contribution in [0.1, 0.15) is 21.5 Å². The highest BCUT2D eigenvalue weighted by atomic mass is 35.5. The molecule has 0 saturated heterocycles. The molecule has 0 bridgehead atoms. The number of benzene rings is 3.